The summed E-state index contributed by atoms with van der Waals surface area (Å²) in [6.07, 6.45) is 0.677. The number of likely N-dealkylation sites (tertiary alicyclic amines) is 1. The van der Waals surface area contributed by atoms with E-state index in [1.165, 1.54) is 0 Å². The van der Waals surface area contributed by atoms with E-state index in [-0.39, 0.29) is 17.9 Å². The molecule has 2 atom stereocenters. The first-order chi connectivity index (χ1) is 13.1. The quantitative estimate of drug-likeness (QED) is 0.748. The Morgan fingerprint density at radius 2 is 2.15 bits per heavy atom. The second-order valence-corrected chi connectivity index (χ2v) is 7.02. The molecule has 3 aromatic rings. The lowest BCUT2D eigenvalue weighted by Gasteiger charge is -2.14. The number of rotatable bonds is 5. The fourth-order valence-electron chi connectivity index (χ4n) is 3.76. The molecule has 0 saturated carbocycles. The molecule has 1 saturated heterocycles. The Morgan fingerprint density at radius 1 is 1.30 bits per heavy atom. The minimum absolute atomic E-state index is 0.0242. The van der Waals surface area contributed by atoms with Gasteiger partial charge in [-0.2, -0.15) is 0 Å². The van der Waals surface area contributed by atoms with Crippen molar-refractivity contribution in [1.82, 2.24) is 15.0 Å². The Balaban J connectivity index is 1.51. The number of nitrogens with zero attached hydrogens (tertiary/aromatic N) is 2. The molecular formula is C20H23N3O4. The number of ether oxygens (including phenoxy) is 2. The van der Waals surface area contributed by atoms with E-state index in [1.54, 1.807) is 14.2 Å². The van der Waals surface area contributed by atoms with Crippen molar-refractivity contribution in [3.05, 3.63) is 47.5 Å². The van der Waals surface area contributed by atoms with Gasteiger partial charge >= 0.3 is 0 Å². The molecule has 7 nitrogen and oxygen atoms in total. The third-order valence-corrected chi connectivity index (χ3v) is 5.17. The van der Waals surface area contributed by atoms with Gasteiger partial charge in [0.05, 0.1) is 18.9 Å². The standard InChI is InChI=1S/C20H23N3O4/c1-12-6-16(27-22-12)8-14-10-23(11-19(14)26-3)20(24)18-9-13-7-15(25-2)4-5-17(13)21-18/h4-7,9,14,19,21H,8,10-11H2,1-3H3/t14-,19+/m1/s1. The van der Waals surface area contributed by atoms with E-state index < -0.39 is 0 Å². The average Bonchev–Trinajstić information content (AvgIpc) is 3.38. The van der Waals surface area contributed by atoms with E-state index >= 15 is 0 Å². The third kappa shape index (κ3) is 3.42. The molecule has 0 aliphatic carbocycles. The maximum Gasteiger partial charge on any atom is 0.270 e. The van der Waals surface area contributed by atoms with Crippen molar-refractivity contribution >= 4 is 16.8 Å². The van der Waals surface area contributed by atoms with Gasteiger partial charge in [0.25, 0.3) is 5.91 Å². The number of nitrogens with one attached hydrogen (secondary N) is 1. The summed E-state index contributed by atoms with van der Waals surface area (Å²) in [6.45, 7) is 3.08. The zero-order valence-electron chi connectivity index (χ0n) is 15.7. The first-order valence-corrected chi connectivity index (χ1v) is 8.98. The highest BCUT2D eigenvalue weighted by molar-refractivity contribution is 5.98. The van der Waals surface area contributed by atoms with Crippen molar-refractivity contribution < 1.29 is 18.8 Å². The van der Waals surface area contributed by atoms with Crippen molar-refractivity contribution in [2.24, 2.45) is 5.92 Å². The summed E-state index contributed by atoms with van der Waals surface area (Å²) in [5, 5.41) is 4.89. The fourth-order valence-corrected chi connectivity index (χ4v) is 3.76. The molecule has 1 aromatic carbocycles. The van der Waals surface area contributed by atoms with Gasteiger partial charge in [-0.25, -0.2) is 0 Å². The summed E-state index contributed by atoms with van der Waals surface area (Å²) >= 11 is 0. The van der Waals surface area contributed by atoms with Gasteiger partial charge in [0, 0.05) is 49.5 Å². The van der Waals surface area contributed by atoms with Crippen LogP contribution in [0.15, 0.2) is 34.9 Å². The predicted molar refractivity (Wildman–Crippen MR) is 100.0 cm³/mol. The smallest absolute Gasteiger partial charge is 0.270 e. The van der Waals surface area contributed by atoms with Crippen LogP contribution in [0, 0.1) is 12.8 Å². The van der Waals surface area contributed by atoms with Crippen LogP contribution in [-0.2, 0) is 11.2 Å². The zero-order chi connectivity index (χ0) is 19.0. The molecule has 0 bridgehead atoms. The summed E-state index contributed by atoms with van der Waals surface area (Å²) in [5.74, 6) is 1.74. The number of carbonyl (C=O) groups excluding carboxylic acids is 1. The Bertz CT molecular complexity index is 961. The van der Waals surface area contributed by atoms with Crippen molar-refractivity contribution in [2.45, 2.75) is 19.4 Å². The van der Waals surface area contributed by atoms with E-state index in [4.69, 9.17) is 14.0 Å². The lowest BCUT2D eigenvalue weighted by Crippen LogP contribution is -2.30. The van der Waals surface area contributed by atoms with Gasteiger partial charge in [0.1, 0.15) is 17.2 Å². The number of methoxy groups -OCH3 is 2. The van der Waals surface area contributed by atoms with Crippen LogP contribution in [0.25, 0.3) is 10.9 Å². The summed E-state index contributed by atoms with van der Waals surface area (Å²) in [4.78, 5) is 18.1. The molecule has 27 heavy (non-hydrogen) atoms. The summed E-state index contributed by atoms with van der Waals surface area (Å²) < 4.78 is 16.2. The van der Waals surface area contributed by atoms with Crippen LogP contribution < -0.4 is 4.74 Å². The first-order valence-electron chi connectivity index (χ1n) is 8.98. The summed E-state index contributed by atoms with van der Waals surface area (Å²) in [6, 6.07) is 9.51. The van der Waals surface area contributed by atoms with E-state index in [1.807, 2.05) is 42.2 Å². The number of benzene rings is 1. The largest absolute Gasteiger partial charge is 0.497 e. The van der Waals surface area contributed by atoms with Crippen molar-refractivity contribution in [3.8, 4) is 5.75 Å². The van der Waals surface area contributed by atoms with Gasteiger partial charge in [-0.15, -0.1) is 0 Å². The number of aromatic amines is 1. The molecule has 1 aliphatic rings. The molecule has 0 radical (unpaired) electrons. The van der Waals surface area contributed by atoms with E-state index in [0.717, 1.165) is 28.1 Å². The van der Waals surface area contributed by atoms with Gasteiger partial charge in [0.2, 0.25) is 0 Å². The topological polar surface area (TPSA) is 80.6 Å². The fraction of sp³-hybridized carbons (Fsp3) is 0.400. The molecule has 4 rings (SSSR count). The maximum atomic E-state index is 13.0. The highest BCUT2D eigenvalue weighted by Crippen LogP contribution is 2.27. The highest BCUT2D eigenvalue weighted by atomic mass is 16.5. The van der Waals surface area contributed by atoms with Crippen LogP contribution in [0.2, 0.25) is 0 Å². The van der Waals surface area contributed by atoms with E-state index in [0.29, 0.717) is 25.2 Å². The van der Waals surface area contributed by atoms with E-state index in [9.17, 15) is 4.79 Å². The van der Waals surface area contributed by atoms with Crippen molar-refractivity contribution in [3.63, 3.8) is 0 Å². The minimum atomic E-state index is -0.0246. The Morgan fingerprint density at radius 3 is 2.85 bits per heavy atom. The number of fused-ring (bicyclic) bond motifs is 1. The van der Waals surface area contributed by atoms with Gasteiger partial charge in [-0.05, 0) is 31.2 Å². The SMILES string of the molecule is COc1ccc2[nH]c(C(=O)N3C[C@@H](Cc4cc(C)no4)[C@@H](OC)C3)cc2c1. The molecule has 0 spiro atoms. The number of hydrogen-bond acceptors (Lipinski definition) is 5. The van der Waals surface area contributed by atoms with Gasteiger partial charge in [-0.3, -0.25) is 4.79 Å². The Hall–Kier alpha value is -2.80. The molecule has 1 aliphatic heterocycles. The number of H-pyrrole nitrogens is 1. The first kappa shape index (κ1) is 17.6. The van der Waals surface area contributed by atoms with Gasteiger partial charge in [0.15, 0.2) is 0 Å². The van der Waals surface area contributed by atoms with E-state index in [2.05, 4.69) is 10.1 Å². The minimum Gasteiger partial charge on any atom is -0.497 e. The molecule has 1 N–H and O–H groups in total. The molecular weight excluding hydrogens is 346 g/mol. The number of aryl methyl sites for hydroxylation is 1. The number of aromatic nitrogens is 2. The normalized spacial score (nSPS) is 19.7. The third-order valence-electron chi connectivity index (χ3n) is 5.17. The second kappa shape index (κ2) is 7.08. The zero-order valence-corrected chi connectivity index (χ0v) is 15.7. The molecule has 7 heteroatoms. The maximum absolute atomic E-state index is 13.0. The molecule has 2 aromatic heterocycles. The monoisotopic (exact) mass is 369 g/mol. The predicted octanol–water partition coefficient (Wildman–Crippen LogP) is 2.80. The van der Waals surface area contributed by atoms with Crippen LogP contribution in [0.3, 0.4) is 0 Å². The second-order valence-electron chi connectivity index (χ2n) is 7.02. The van der Waals surface area contributed by atoms with Crippen LogP contribution >= 0.6 is 0 Å². The molecule has 1 amide bonds. The molecule has 3 heterocycles. The molecule has 0 unspecified atom stereocenters. The van der Waals surface area contributed by atoms with Crippen molar-refractivity contribution in [1.29, 1.82) is 0 Å². The number of hydrogen-bond donors (Lipinski definition) is 1. The lowest BCUT2D eigenvalue weighted by atomic mass is 10.0. The average molecular weight is 369 g/mol. The van der Waals surface area contributed by atoms with Crippen LogP contribution in [0.5, 0.6) is 5.75 Å². The number of amides is 1. The summed E-state index contributed by atoms with van der Waals surface area (Å²) in [5.41, 5.74) is 2.35. The van der Waals surface area contributed by atoms with Crippen molar-refractivity contribution in [2.75, 3.05) is 27.3 Å². The Labute approximate surface area is 157 Å². The molecule has 1 fully saturated rings. The van der Waals surface area contributed by atoms with Gasteiger partial charge in [-0.1, -0.05) is 5.16 Å². The Kier molecular flexibility index (Phi) is 4.61. The van der Waals surface area contributed by atoms with Crippen LogP contribution in [0.4, 0.5) is 0 Å². The lowest BCUT2D eigenvalue weighted by molar-refractivity contribution is 0.0669. The highest BCUT2D eigenvalue weighted by Gasteiger charge is 2.36. The number of carbonyl (C=O) groups is 1. The van der Waals surface area contributed by atoms with Crippen LogP contribution in [-0.4, -0.2) is 54.4 Å². The molecule has 142 valence electrons. The van der Waals surface area contributed by atoms with Gasteiger partial charge < -0.3 is 23.9 Å². The van der Waals surface area contributed by atoms with Crippen LogP contribution in [0.1, 0.15) is 21.9 Å². The summed E-state index contributed by atoms with van der Waals surface area (Å²) in [7, 11) is 3.32.